The van der Waals surface area contributed by atoms with E-state index in [1.165, 1.54) is 0 Å². The third-order valence-corrected chi connectivity index (χ3v) is 4.12. The molecule has 0 radical (unpaired) electrons. The lowest BCUT2D eigenvalue weighted by Crippen LogP contribution is -2.25. The Bertz CT molecular complexity index is 950. The number of carbonyl (C=O) groups excluding carboxylic acids is 1. The molecule has 3 aromatic rings. The van der Waals surface area contributed by atoms with Gasteiger partial charge in [0.1, 0.15) is 5.82 Å². The minimum absolute atomic E-state index is 0.165. The number of aromatic nitrogens is 2. The highest BCUT2D eigenvalue weighted by Gasteiger charge is 2.07. The number of nitrogens with zero attached hydrogens (tertiary/aromatic N) is 3. The van der Waals surface area contributed by atoms with Gasteiger partial charge in [0, 0.05) is 19.2 Å². The molecule has 0 saturated carbocycles. The lowest BCUT2D eigenvalue weighted by atomic mass is 10.1. The largest absolute Gasteiger partial charge is 0.352 e. The first-order valence-electron chi connectivity index (χ1n) is 7.79. The standard InChI is InChI=1S/C19H18N4O/c1-13-22-17-11-14(6-7-18(17)23(13)2)8-9-21-19(24)16-5-3-4-15(10-16)12-20/h3-7,10-11H,8-9H2,1-2H3,(H,21,24). The average Bonchev–Trinajstić information content (AvgIpc) is 2.88. The molecule has 1 aromatic heterocycles. The second-order valence-corrected chi connectivity index (χ2v) is 5.74. The maximum atomic E-state index is 12.1. The first-order chi connectivity index (χ1) is 11.6. The predicted octanol–water partition coefficient (Wildman–Crippen LogP) is 2.73. The van der Waals surface area contributed by atoms with Crippen LogP contribution in [0.25, 0.3) is 11.0 Å². The Hall–Kier alpha value is -3.13. The molecular weight excluding hydrogens is 300 g/mol. The normalized spacial score (nSPS) is 10.5. The van der Waals surface area contributed by atoms with Crippen LogP contribution in [0.3, 0.4) is 0 Å². The molecule has 0 spiro atoms. The summed E-state index contributed by atoms with van der Waals surface area (Å²) in [5.74, 6) is 0.815. The fraction of sp³-hybridized carbons (Fsp3) is 0.211. The van der Waals surface area contributed by atoms with E-state index in [9.17, 15) is 4.79 Å². The van der Waals surface area contributed by atoms with Gasteiger partial charge in [-0.2, -0.15) is 5.26 Å². The third kappa shape index (κ3) is 3.13. The van der Waals surface area contributed by atoms with Crippen molar-refractivity contribution in [2.45, 2.75) is 13.3 Å². The fourth-order valence-electron chi connectivity index (χ4n) is 2.67. The van der Waals surface area contributed by atoms with Crippen molar-refractivity contribution >= 4 is 16.9 Å². The Kier molecular flexibility index (Phi) is 4.30. The zero-order valence-corrected chi connectivity index (χ0v) is 13.7. The number of carbonyl (C=O) groups is 1. The number of aryl methyl sites for hydroxylation is 2. The van der Waals surface area contributed by atoms with Crippen molar-refractivity contribution in [3.8, 4) is 6.07 Å². The molecule has 3 rings (SSSR count). The zero-order chi connectivity index (χ0) is 17.1. The van der Waals surface area contributed by atoms with Gasteiger partial charge in [0.25, 0.3) is 5.91 Å². The monoisotopic (exact) mass is 318 g/mol. The van der Waals surface area contributed by atoms with Gasteiger partial charge in [-0.25, -0.2) is 4.98 Å². The summed E-state index contributed by atoms with van der Waals surface area (Å²) >= 11 is 0. The lowest BCUT2D eigenvalue weighted by molar-refractivity contribution is 0.0954. The summed E-state index contributed by atoms with van der Waals surface area (Å²) in [6.45, 7) is 2.52. The number of hydrogen-bond donors (Lipinski definition) is 1. The molecule has 2 aromatic carbocycles. The SMILES string of the molecule is Cc1nc2cc(CCNC(=O)c3cccc(C#N)c3)ccc2n1C. The van der Waals surface area contributed by atoms with Crippen LogP contribution in [0.15, 0.2) is 42.5 Å². The van der Waals surface area contributed by atoms with E-state index in [1.54, 1.807) is 24.3 Å². The van der Waals surface area contributed by atoms with Crippen LogP contribution in [0, 0.1) is 18.3 Å². The van der Waals surface area contributed by atoms with E-state index in [0.29, 0.717) is 17.7 Å². The molecule has 120 valence electrons. The van der Waals surface area contributed by atoms with Crippen LogP contribution in [-0.2, 0) is 13.5 Å². The van der Waals surface area contributed by atoms with E-state index in [1.807, 2.05) is 20.0 Å². The maximum Gasteiger partial charge on any atom is 0.251 e. The van der Waals surface area contributed by atoms with Crippen LogP contribution >= 0.6 is 0 Å². The van der Waals surface area contributed by atoms with Gasteiger partial charge in [-0.15, -0.1) is 0 Å². The minimum atomic E-state index is -0.165. The van der Waals surface area contributed by atoms with Gasteiger partial charge < -0.3 is 9.88 Å². The van der Waals surface area contributed by atoms with Crippen molar-refractivity contribution in [2.75, 3.05) is 6.54 Å². The van der Waals surface area contributed by atoms with E-state index in [2.05, 4.69) is 33.1 Å². The molecule has 0 aliphatic rings. The van der Waals surface area contributed by atoms with E-state index in [-0.39, 0.29) is 5.91 Å². The summed E-state index contributed by atoms with van der Waals surface area (Å²) in [6.07, 6.45) is 0.731. The van der Waals surface area contributed by atoms with Crippen molar-refractivity contribution < 1.29 is 4.79 Å². The number of fused-ring (bicyclic) bond motifs is 1. The molecule has 1 N–H and O–H groups in total. The highest BCUT2D eigenvalue weighted by molar-refractivity contribution is 5.94. The zero-order valence-electron chi connectivity index (χ0n) is 13.7. The maximum absolute atomic E-state index is 12.1. The highest BCUT2D eigenvalue weighted by Crippen LogP contribution is 2.16. The number of nitrogens with one attached hydrogen (secondary N) is 1. The number of amides is 1. The summed E-state index contributed by atoms with van der Waals surface area (Å²) in [7, 11) is 2.00. The Morgan fingerprint density at radius 1 is 1.29 bits per heavy atom. The van der Waals surface area contributed by atoms with Gasteiger partial charge in [0.05, 0.1) is 22.7 Å². The smallest absolute Gasteiger partial charge is 0.251 e. The number of benzene rings is 2. The van der Waals surface area contributed by atoms with Gasteiger partial charge in [-0.1, -0.05) is 12.1 Å². The van der Waals surface area contributed by atoms with Crippen molar-refractivity contribution in [3.63, 3.8) is 0 Å². The summed E-state index contributed by atoms with van der Waals surface area (Å²) in [5.41, 5.74) is 4.20. The Morgan fingerprint density at radius 2 is 2.12 bits per heavy atom. The van der Waals surface area contributed by atoms with Gasteiger partial charge in [-0.05, 0) is 49.2 Å². The molecule has 5 nitrogen and oxygen atoms in total. The molecule has 5 heteroatoms. The van der Waals surface area contributed by atoms with Crippen molar-refractivity contribution in [1.82, 2.24) is 14.9 Å². The summed E-state index contributed by atoms with van der Waals surface area (Å²) in [4.78, 5) is 16.7. The van der Waals surface area contributed by atoms with E-state index in [4.69, 9.17) is 5.26 Å². The third-order valence-electron chi connectivity index (χ3n) is 4.12. The van der Waals surface area contributed by atoms with Crippen LogP contribution in [0.4, 0.5) is 0 Å². The molecule has 24 heavy (non-hydrogen) atoms. The second kappa shape index (κ2) is 6.55. The molecule has 0 aliphatic carbocycles. The molecule has 0 atom stereocenters. The fourth-order valence-corrected chi connectivity index (χ4v) is 2.67. The topological polar surface area (TPSA) is 70.7 Å². The van der Waals surface area contributed by atoms with Gasteiger partial charge >= 0.3 is 0 Å². The van der Waals surface area contributed by atoms with Crippen LogP contribution in [0.2, 0.25) is 0 Å². The van der Waals surface area contributed by atoms with Crippen molar-refractivity contribution in [2.24, 2.45) is 7.05 Å². The van der Waals surface area contributed by atoms with Crippen LogP contribution in [0.1, 0.15) is 27.3 Å². The van der Waals surface area contributed by atoms with Crippen LogP contribution in [0.5, 0.6) is 0 Å². The molecular formula is C19H18N4O. The first kappa shape index (κ1) is 15.8. The molecule has 0 saturated heterocycles. The minimum Gasteiger partial charge on any atom is -0.352 e. The number of imidazole rings is 1. The van der Waals surface area contributed by atoms with Gasteiger partial charge in [-0.3, -0.25) is 4.79 Å². The quantitative estimate of drug-likeness (QED) is 0.804. The highest BCUT2D eigenvalue weighted by atomic mass is 16.1. The number of nitriles is 1. The van der Waals surface area contributed by atoms with E-state index >= 15 is 0 Å². The number of hydrogen-bond acceptors (Lipinski definition) is 3. The molecule has 0 fully saturated rings. The average molecular weight is 318 g/mol. The molecule has 0 bridgehead atoms. The van der Waals surface area contributed by atoms with Crippen molar-refractivity contribution in [1.29, 1.82) is 5.26 Å². The Balaban J connectivity index is 1.63. The summed E-state index contributed by atoms with van der Waals surface area (Å²) < 4.78 is 2.06. The predicted molar refractivity (Wildman–Crippen MR) is 92.6 cm³/mol. The lowest BCUT2D eigenvalue weighted by Gasteiger charge is -2.06. The molecule has 1 heterocycles. The summed E-state index contributed by atoms with van der Waals surface area (Å²) in [5, 5.41) is 11.8. The van der Waals surface area contributed by atoms with Crippen LogP contribution < -0.4 is 5.32 Å². The van der Waals surface area contributed by atoms with Gasteiger partial charge in [0.2, 0.25) is 0 Å². The Labute approximate surface area is 140 Å². The molecule has 1 amide bonds. The molecule has 0 unspecified atom stereocenters. The number of rotatable bonds is 4. The van der Waals surface area contributed by atoms with E-state index in [0.717, 1.165) is 28.8 Å². The first-order valence-corrected chi connectivity index (χ1v) is 7.79. The summed E-state index contributed by atoms with van der Waals surface area (Å²) in [6, 6.07) is 14.9. The second-order valence-electron chi connectivity index (χ2n) is 5.74. The van der Waals surface area contributed by atoms with Crippen molar-refractivity contribution in [3.05, 3.63) is 65.0 Å². The van der Waals surface area contributed by atoms with E-state index < -0.39 is 0 Å². The Morgan fingerprint density at radius 3 is 2.92 bits per heavy atom. The van der Waals surface area contributed by atoms with Gasteiger partial charge in [0.15, 0.2) is 0 Å². The van der Waals surface area contributed by atoms with Crippen LogP contribution in [-0.4, -0.2) is 22.0 Å². The molecule has 0 aliphatic heterocycles.